The van der Waals surface area contributed by atoms with Crippen molar-refractivity contribution < 1.29 is 4.79 Å². The Kier molecular flexibility index (Phi) is 7.11. The van der Waals surface area contributed by atoms with Crippen LogP contribution in [0.2, 0.25) is 0 Å². The molecule has 2 aromatic rings. The van der Waals surface area contributed by atoms with Crippen LogP contribution in [0.4, 0.5) is 16.2 Å². The highest BCUT2D eigenvalue weighted by molar-refractivity contribution is 5.74. The summed E-state index contributed by atoms with van der Waals surface area (Å²) in [5.74, 6) is 0. The molecule has 2 saturated heterocycles. The van der Waals surface area contributed by atoms with E-state index in [1.54, 1.807) is 0 Å². The van der Waals surface area contributed by atoms with Gasteiger partial charge in [-0.2, -0.15) is 0 Å². The number of carbonyl (C=O) groups excluding carboxylic acids is 1. The molecular weight excluding hydrogens is 372 g/mol. The first-order valence-electron chi connectivity index (χ1n) is 11.5. The number of nitrogens with one attached hydrogen (secondary N) is 2. The third-order valence-corrected chi connectivity index (χ3v) is 6.26. The van der Waals surface area contributed by atoms with E-state index in [9.17, 15) is 4.79 Å². The first-order chi connectivity index (χ1) is 14.8. The molecule has 0 atom stereocenters. The van der Waals surface area contributed by atoms with E-state index in [-0.39, 0.29) is 6.03 Å². The maximum absolute atomic E-state index is 12.5. The lowest BCUT2D eigenvalue weighted by molar-refractivity contribution is 0.240. The lowest BCUT2D eigenvalue weighted by atomic mass is 10.1. The molecule has 0 aromatic heterocycles. The lowest BCUT2D eigenvalue weighted by Crippen LogP contribution is -2.36. The van der Waals surface area contributed by atoms with Gasteiger partial charge in [0, 0.05) is 50.6 Å². The van der Waals surface area contributed by atoms with E-state index >= 15 is 0 Å². The van der Waals surface area contributed by atoms with Crippen molar-refractivity contribution in [2.24, 2.45) is 0 Å². The van der Waals surface area contributed by atoms with E-state index in [0.29, 0.717) is 13.1 Å². The van der Waals surface area contributed by atoms with Crippen LogP contribution in [0.25, 0.3) is 0 Å². The van der Waals surface area contributed by atoms with Crippen molar-refractivity contribution in [3.63, 3.8) is 0 Å². The summed E-state index contributed by atoms with van der Waals surface area (Å²) in [4.78, 5) is 17.4. The second-order valence-electron chi connectivity index (χ2n) is 8.39. The van der Waals surface area contributed by atoms with Crippen LogP contribution in [0, 0.1) is 0 Å². The third kappa shape index (κ3) is 5.26. The molecule has 0 aliphatic carbocycles. The van der Waals surface area contributed by atoms with E-state index in [4.69, 9.17) is 0 Å². The summed E-state index contributed by atoms with van der Waals surface area (Å²) >= 11 is 0. The summed E-state index contributed by atoms with van der Waals surface area (Å²) in [5.41, 5.74) is 4.88. The van der Waals surface area contributed by atoms with Crippen LogP contribution in [0.15, 0.2) is 48.5 Å². The van der Waals surface area contributed by atoms with Crippen LogP contribution in [0.3, 0.4) is 0 Å². The quantitative estimate of drug-likeness (QED) is 0.733. The summed E-state index contributed by atoms with van der Waals surface area (Å²) < 4.78 is 0. The molecule has 0 saturated carbocycles. The van der Waals surface area contributed by atoms with Crippen molar-refractivity contribution >= 4 is 17.4 Å². The van der Waals surface area contributed by atoms with Crippen molar-refractivity contribution in [3.8, 4) is 0 Å². The van der Waals surface area contributed by atoms with E-state index in [1.165, 1.54) is 61.0 Å². The Labute approximate surface area is 180 Å². The Balaban J connectivity index is 1.32. The van der Waals surface area contributed by atoms with Gasteiger partial charge in [0.05, 0.1) is 0 Å². The summed E-state index contributed by atoms with van der Waals surface area (Å²) in [6.07, 6.45) is 7.63. The van der Waals surface area contributed by atoms with Gasteiger partial charge in [0.15, 0.2) is 0 Å². The van der Waals surface area contributed by atoms with Gasteiger partial charge in [0.1, 0.15) is 0 Å². The summed E-state index contributed by atoms with van der Waals surface area (Å²) in [5, 5.41) is 6.11. The molecule has 2 N–H and O–H groups in total. The Hall–Kier alpha value is -2.69. The molecule has 30 heavy (non-hydrogen) atoms. The van der Waals surface area contributed by atoms with Crippen molar-refractivity contribution in [2.75, 3.05) is 36.0 Å². The Morgan fingerprint density at radius 3 is 1.47 bits per heavy atom. The minimum absolute atomic E-state index is 0.114. The number of nitrogens with zero attached hydrogens (tertiary/aromatic N) is 2. The molecule has 2 heterocycles. The second-order valence-corrected chi connectivity index (χ2v) is 8.39. The maximum atomic E-state index is 12.5. The van der Waals surface area contributed by atoms with Crippen molar-refractivity contribution in [3.05, 3.63) is 59.7 Å². The molecule has 0 unspecified atom stereocenters. The first-order valence-corrected chi connectivity index (χ1v) is 11.5. The van der Waals surface area contributed by atoms with E-state index in [0.717, 1.165) is 26.2 Å². The van der Waals surface area contributed by atoms with Crippen LogP contribution in [-0.2, 0) is 13.1 Å². The van der Waals surface area contributed by atoms with Gasteiger partial charge in [-0.15, -0.1) is 0 Å². The number of amides is 2. The van der Waals surface area contributed by atoms with Crippen LogP contribution in [0.5, 0.6) is 0 Å². The highest BCUT2D eigenvalue weighted by Gasteiger charge is 2.16. The van der Waals surface area contributed by atoms with Crippen molar-refractivity contribution in [2.45, 2.75) is 51.6 Å². The Morgan fingerprint density at radius 1 is 0.633 bits per heavy atom. The van der Waals surface area contributed by atoms with Gasteiger partial charge in [-0.25, -0.2) is 4.79 Å². The highest BCUT2D eigenvalue weighted by atomic mass is 16.2. The number of hydrogen-bond acceptors (Lipinski definition) is 3. The number of carbonyl (C=O) groups is 1. The average molecular weight is 407 g/mol. The normalized spacial score (nSPS) is 16.9. The van der Waals surface area contributed by atoms with Crippen molar-refractivity contribution in [1.29, 1.82) is 0 Å². The number of anilines is 2. The fraction of sp³-hybridized carbons (Fsp3) is 0.480. The lowest BCUT2D eigenvalue weighted by Gasteiger charge is -2.31. The summed E-state index contributed by atoms with van der Waals surface area (Å²) in [7, 11) is 0. The predicted octanol–water partition coefficient (Wildman–Crippen LogP) is 4.67. The number of piperidine rings is 2. The zero-order valence-corrected chi connectivity index (χ0v) is 17.9. The first kappa shape index (κ1) is 20.6. The van der Waals surface area contributed by atoms with Gasteiger partial charge >= 0.3 is 6.03 Å². The van der Waals surface area contributed by atoms with Gasteiger partial charge in [-0.05, 0) is 61.8 Å². The molecule has 2 amide bonds. The predicted molar refractivity (Wildman–Crippen MR) is 124 cm³/mol. The smallest absolute Gasteiger partial charge is 0.315 e. The molecule has 2 aliphatic heterocycles. The number of hydrogen-bond donors (Lipinski definition) is 2. The largest absolute Gasteiger partial charge is 0.371 e. The molecule has 0 radical (unpaired) electrons. The fourth-order valence-electron chi connectivity index (χ4n) is 4.62. The van der Waals surface area contributed by atoms with Gasteiger partial charge in [0.25, 0.3) is 0 Å². The molecule has 2 aromatic carbocycles. The molecule has 5 heteroatoms. The van der Waals surface area contributed by atoms with Gasteiger partial charge in [-0.3, -0.25) is 0 Å². The van der Waals surface area contributed by atoms with E-state index < -0.39 is 0 Å². The molecule has 0 spiro atoms. The van der Waals surface area contributed by atoms with Gasteiger partial charge < -0.3 is 20.4 Å². The molecule has 5 nitrogen and oxygen atoms in total. The SMILES string of the molecule is O=C(NCc1ccccc1N1CCCCC1)NCc1ccccc1N1CCCCC1. The minimum Gasteiger partial charge on any atom is -0.371 e. The van der Waals surface area contributed by atoms with Crippen LogP contribution in [0.1, 0.15) is 49.7 Å². The minimum atomic E-state index is -0.114. The van der Waals surface area contributed by atoms with E-state index in [1.807, 2.05) is 0 Å². The second kappa shape index (κ2) is 10.4. The topological polar surface area (TPSA) is 47.6 Å². The van der Waals surface area contributed by atoms with Crippen LogP contribution < -0.4 is 20.4 Å². The highest BCUT2D eigenvalue weighted by Crippen LogP contribution is 2.25. The number of para-hydroxylation sites is 2. The molecule has 2 fully saturated rings. The fourth-order valence-corrected chi connectivity index (χ4v) is 4.62. The third-order valence-electron chi connectivity index (χ3n) is 6.26. The molecule has 2 aliphatic rings. The Bertz CT molecular complexity index is 758. The molecule has 160 valence electrons. The standard InChI is InChI=1S/C25H34N4O/c30-25(26-19-21-11-3-5-13-23(21)28-15-7-1-8-16-28)27-20-22-12-4-6-14-24(22)29-17-9-2-10-18-29/h3-6,11-14H,1-2,7-10,15-20H2,(H2,26,27,30). The number of urea groups is 1. The number of benzene rings is 2. The molecule has 4 rings (SSSR count). The summed E-state index contributed by atoms with van der Waals surface area (Å²) in [6, 6.07) is 16.8. The van der Waals surface area contributed by atoms with Gasteiger partial charge in [-0.1, -0.05) is 36.4 Å². The van der Waals surface area contributed by atoms with Crippen LogP contribution >= 0.6 is 0 Å². The zero-order valence-electron chi connectivity index (χ0n) is 17.9. The monoisotopic (exact) mass is 406 g/mol. The Morgan fingerprint density at radius 2 is 1.03 bits per heavy atom. The maximum Gasteiger partial charge on any atom is 0.315 e. The van der Waals surface area contributed by atoms with Gasteiger partial charge in [0.2, 0.25) is 0 Å². The molecule has 0 bridgehead atoms. The number of rotatable bonds is 6. The molecular formula is C25H34N4O. The van der Waals surface area contributed by atoms with Crippen LogP contribution in [-0.4, -0.2) is 32.2 Å². The average Bonchev–Trinajstić information content (AvgIpc) is 2.83. The van der Waals surface area contributed by atoms with E-state index in [2.05, 4.69) is 69.0 Å². The summed E-state index contributed by atoms with van der Waals surface area (Å²) in [6.45, 7) is 5.53. The zero-order chi connectivity index (χ0) is 20.6. The van der Waals surface area contributed by atoms with Crippen molar-refractivity contribution in [1.82, 2.24) is 10.6 Å².